The number of hydrogen-bond donors (Lipinski definition) is 1. The van der Waals surface area contributed by atoms with Crippen LogP contribution < -0.4 is 10.6 Å². The Labute approximate surface area is 123 Å². The first kappa shape index (κ1) is 14.3. The van der Waals surface area contributed by atoms with Crippen LogP contribution in [0.5, 0.6) is 0 Å². The monoisotopic (exact) mass is 287 g/mol. The summed E-state index contributed by atoms with van der Waals surface area (Å²) in [6.45, 7) is 4.49. The van der Waals surface area contributed by atoms with Crippen LogP contribution in [0.15, 0.2) is 24.3 Å². The highest BCUT2D eigenvalue weighted by Crippen LogP contribution is 2.12. The van der Waals surface area contributed by atoms with Crippen LogP contribution in [0.2, 0.25) is 0 Å². The highest BCUT2D eigenvalue weighted by molar-refractivity contribution is 7.80. The number of nitrogens with two attached hydrogens (primary N) is 1. The zero-order chi connectivity index (χ0) is 14.7. The molecular weight excluding hydrogens is 270 g/mol. The van der Waals surface area contributed by atoms with Crippen molar-refractivity contribution in [3.05, 3.63) is 46.8 Å². The molecule has 104 valence electrons. The maximum atomic E-state index is 5.64. The van der Waals surface area contributed by atoms with Crippen LogP contribution in [0.3, 0.4) is 0 Å². The molecule has 0 radical (unpaired) electrons. The van der Waals surface area contributed by atoms with E-state index in [1.165, 1.54) is 0 Å². The summed E-state index contributed by atoms with van der Waals surface area (Å²) in [7, 11) is 1.93. The standard InChI is InChI=1S/C14H17N5S/c1-9-10(2)17-18-14(16-9)19(3)8-11-5-4-6-12(7-11)13(15)20/h4-7H,8H2,1-3H3,(H2,15,20). The molecule has 2 N–H and O–H groups in total. The largest absolute Gasteiger partial charge is 0.389 e. The number of nitrogens with zero attached hydrogens (tertiary/aromatic N) is 4. The zero-order valence-corrected chi connectivity index (χ0v) is 12.6. The molecule has 0 aliphatic heterocycles. The summed E-state index contributed by atoms with van der Waals surface area (Å²) in [5.74, 6) is 0.605. The average molecular weight is 287 g/mol. The Bertz CT molecular complexity index is 641. The number of thiocarbonyl (C=S) groups is 1. The van der Waals surface area contributed by atoms with Gasteiger partial charge in [0.05, 0.1) is 11.4 Å². The van der Waals surface area contributed by atoms with E-state index in [1.807, 2.05) is 50.1 Å². The van der Waals surface area contributed by atoms with E-state index in [1.54, 1.807) is 0 Å². The van der Waals surface area contributed by atoms with E-state index in [0.29, 0.717) is 17.5 Å². The van der Waals surface area contributed by atoms with Gasteiger partial charge in [0.1, 0.15) is 4.99 Å². The van der Waals surface area contributed by atoms with Gasteiger partial charge in [-0.25, -0.2) is 4.98 Å². The summed E-state index contributed by atoms with van der Waals surface area (Å²) in [4.78, 5) is 6.77. The number of aryl methyl sites for hydroxylation is 2. The number of anilines is 1. The molecule has 2 aromatic rings. The fourth-order valence-corrected chi connectivity index (χ4v) is 1.90. The van der Waals surface area contributed by atoms with Crippen LogP contribution >= 0.6 is 12.2 Å². The molecule has 0 saturated carbocycles. The molecule has 0 aliphatic carbocycles. The predicted molar refractivity (Wildman–Crippen MR) is 83.7 cm³/mol. The molecule has 1 heterocycles. The molecule has 20 heavy (non-hydrogen) atoms. The van der Waals surface area contributed by atoms with Crippen molar-refractivity contribution in [3.8, 4) is 0 Å². The van der Waals surface area contributed by atoms with Crippen molar-refractivity contribution in [2.75, 3.05) is 11.9 Å². The molecule has 6 heteroatoms. The first-order chi connectivity index (χ1) is 9.47. The molecular formula is C14H17N5S. The van der Waals surface area contributed by atoms with Crippen LogP contribution in [-0.2, 0) is 6.54 Å². The highest BCUT2D eigenvalue weighted by atomic mass is 32.1. The van der Waals surface area contributed by atoms with Gasteiger partial charge in [0.25, 0.3) is 0 Å². The molecule has 0 atom stereocenters. The lowest BCUT2D eigenvalue weighted by molar-refractivity contribution is 0.804. The van der Waals surface area contributed by atoms with E-state index in [0.717, 1.165) is 22.5 Å². The van der Waals surface area contributed by atoms with Gasteiger partial charge in [-0.3, -0.25) is 0 Å². The lowest BCUT2D eigenvalue weighted by atomic mass is 10.1. The van der Waals surface area contributed by atoms with E-state index >= 15 is 0 Å². The minimum atomic E-state index is 0.401. The van der Waals surface area contributed by atoms with Crippen molar-refractivity contribution in [2.24, 2.45) is 5.73 Å². The summed E-state index contributed by atoms with van der Waals surface area (Å²) in [6.07, 6.45) is 0. The average Bonchev–Trinajstić information content (AvgIpc) is 2.42. The maximum Gasteiger partial charge on any atom is 0.245 e. The molecule has 1 aromatic heterocycles. The summed E-state index contributed by atoms with van der Waals surface area (Å²) < 4.78 is 0. The van der Waals surface area contributed by atoms with Gasteiger partial charge in [0.15, 0.2) is 0 Å². The van der Waals surface area contributed by atoms with Crippen LogP contribution in [-0.4, -0.2) is 27.2 Å². The first-order valence-corrected chi connectivity index (χ1v) is 6.66. The van der Waals surface area contributed by atoms with Crippen molar-refractivity contribution in [3.63, 3.8) is 0 Å². The number of aromatic nitrogens is 3. The third-order valence-corrected chi connectivity index (χ3v) is 3.29. The smallest absolute Gasteiger partial charge is 0.245 e. The van der Waals surface area contributed by atoms with E-state index in [-0.39, 0.29) is 0 Å². The summed E-state index contributed by atoms with van der Waals surface area (Å²) in [5.41, 5.74) is 9.34. The second-order valence-corrected chi connectivity index (χ2v) is 5.14. The fraction of sp³-hybridized carbons (Fsp3) is 0.286. The Morgan fingerprint density at radius 1 is 1.25 bits per heavy atom. The van der Waals surface area contributed by atoms with Gasteiger partial charge >= 0.3 is 0 Å². The third kappa shape index (κ3) is 3.27. The van der Waals surface area contributed by atoms with E-state index in [9.17, 15) is 0 Å². The van der Waals surface area contributed by atoms with Crippen molar-refractivity contribution < 1.29 is 0 Å². The Kier molecular flexibility index (Phi) is 4.24. The van der Waals surface area contributed by atoms with E-state index in [2.05, 4.69) is 15.2 Å². The van der Waals surface area contributed by atoms with Gasteiger partial charge in [-0.15, -0.1) is 5.10 Å². The summed E-state index contributed by atoms with van der Waals surface area (Å²) in [6, 6.07) is 7.84. The van der Waals surface area contributed by atoms with Crippen molar-refractivity contribution in [1.82, 2.24) is 15.2 Å². The molecule has 0 bridgehead atoms. The Balaban J connectivity index is 2.18. The van der Waals surface area contributed by atoms with E-state index < -0.39 is 0 Å². The Morgan fingerprint density at radius 2 is 2.00 bits per heavy atom. The third-order valence-electron chi connectivity index (χ3n) is 3.05. The van der Waals surface area contributed by atoms with Gasteiger partial charge in [0.2, 0.25) is 5.95 Å². The molecule has 0 spiro atoms. The topological polar surface area (TPSA) is 67.9 Å². The van der Waals surface area contributed by atoms with Gasteiger partial charge in [-0.05, 0) is 25.5 Å². The van der Waals surface area contributed by atoms with Crippen LogP contribution in [0, 0.1) is 13.8 Å². The molecule has 1 aromatic carbocycles. The molecule has 0 unspecified atom stereocenters. The van der Waals surface area contributed by atoms with Gasteiger partial charge in [-0.1, -0.05) is 30.4 Å². The number of benzene rings is 1. The lowest BCUT2D eigenvalue weighted by Gasteiger charge is -2.17. The number of rotatable bonds is 4. The van der Waals surface area contributed by atoms with Gasteiger partial charge in [0, 0.05) is 19.2 Å². The SMILES string of the molecule is Cc1nnc(N(C)Cc2cccc(C(N)=S)c2)nc1C. The molecule has 0 amide bonds. The van der Waals surface area contributed by atoms with Crippen molar-refractivity contribution in [2.45, 2.75) is 20.4 Å². The molecule has 0 aliphatic rings. The zero-order valence-electron chi connectivity index (χ0n) is 11.8. The molecule has 5 nitrogen and oxygen atoms in total. The van der Waals surface area contributed by atoms with Crippen LogP contribution in [0.1, 0.15) is 22.5 Å². The Morgan fingerprint density at radius 3 is 2.65 bits per heavy atom. The van der Waals surface area contributed by atoms with Gasteiger partial charge in [-0.2, -0.15) is 5.10 Å². The lowest BCUT2D eigenvalue weighted by Crippen LogP contribution is -2.21. The number of hydrogen-bond acceptors (Lipinski definition) is 5. The van der Waals surface area contributed by atoms with Gasteiger partial charge < -0.3 is 10.6 Å². The normalized spacial score (nSPS) is 10.3. The fourth-order valence-electron chi connectivity index (χ4n) is 1.77. The van der Waals surface area contributed by atoms with Crippen molar-refractivity contribution in [1.29, 1.82) is 0 Å². The quantitative estimate of drug-likeness (QED) is 0.864. The second-order valence-electron chi connectivity index (χ2n) is 4.70. The minimum Gasteiger partial charge on any atom is -0.389 e. The second kappa shape index (κ2) is 5.92. The van der Waals surface area contributed by atoms with E-state index in [4.69, 9.17) is 18.0 Å². The molecule has 2 rings (SSSR count). The molecule has 0 saturated heterocycles. The molecule has 0 fully saturated rings. The maximum absolute atomic E-state index is 5.64. The van der Waals surface area contributed by atoms with Crippen LogP contribution in [0.25, 0.3) is 0 Å². The van der Waals surface area contributed by atoms with Crippen LogP contribution in [0.4, 0.5) is 5.95 Å². The summed E-state index contributed by atoms with van der Waals surface area (Å²) >= 11 is 4.99. The predicted octanol–water partition coefficient (Wildman–Crippen LogP) is 1.76. The highest BCUT2D eigenvalue weighted by Gasteiger charge is 2.08. The Hall–Kier alpha value is -2.08. The van der Waals surface area contributed by atoms with Crippen molar-refractivity contribution >= 4 is 23.2 Å². The minimum absolute atomic E-state index is 0.401. The summed E-state index contributed by atoms with van der Waals surface area (Å²) in [5, 5.41) is 8.20. The first-order valence-electron chi connectivity index (χ1n) is 6.25.